The summed E-state index contributed by atoms with van der Waals surface area (Å²) in [7, 11) is 0. The van der Waals surface area contributed by atoms with E-state index in [0.717, 1.165) is 17.1 Å². The van der Waals surface area contributed by atoms with E-state index in [0.29, 0.717) is 0 Å². The summed E-state index contributed by atoms with van der Waals surface area (Å²) in [5.74, 6) is 0. The highest BCUT2D eigenvalue weighted by molar-refractivity contribution is 5.88. The van der Waals surface area contributed by atoms with Crippen LogP contribution in [0, 0.1) is 0 Å². The summed E-state index contributed by atoms with van der Waals surface area (Å²) in [5, 5.41) is 0. The molecule has 0 saturated carbocycles. The standard InChI is InChI=1S/C53H41N/c1-53(2)37-51(50-15-9-10-16-52(50)53)46-29-35-49(36-30-46)54(47-31-25-44(26-32-47)42-21-17-40(18-22-42)38-11-5-3-6-12-38)48-33-27-45(28-34-48)43-23-19-41(20-24-43)39-13-7-4-8-14-39/h3-37H,1-2H3. The molecule has 0 radical (unpaired) electrons. The summed E-state index contributed by atoms with van der Waals surface area (Å²) in [5.41, 5.74) is 18.3. The van der Waals surface area contributed by atoms with Crippen molar-refractivity contribution in [3.8, 4) is 44.5 Å². The van der Waals surface area contributed by atoms with E-state index < -0.39 is 0 Å². The number of anilines is 3. The number of nitrogens with zero attached hydrogens (tertiary/aromatic N) is 1. The molecule has 0 unspecified atom stereocenters. The minimum atomic E-state index is 0.00383. The number of rotatable bonds is 8. The van der Waals surface area contributed by atoms with Crippen molar-refractivity contribution in [3.63, 3.8) is 0 Å². The van der Waals surface area contributed by atoms with Gasteiger partial charge >= 0.3 is 0 Å². The predicted octanol–water partition coefficient (Wildman–Crippen LogP) is 14.5. The Bertz CT molecular complexity index is 2420. The van der Waals surface area contributed by atoms with Crippen molar-refractivity contribution in [2.45, 2.75) is 19.3 Å². The van der Waals surface area contributed by atoms with E-state index in [-0.39, 0.29) is 5.41 Å². The predicted molar refractivity (Wildman–Crippen MR) is 229 cm³/mol. The van der Waals surface area contributed by atoms with E-state index in [9.17, 15) is 0 Å². The topological polar surface area (TPSA) is 3.24 Å². The Morgan fingerprint density at radius 2 is 0.593 bits per heavy atom. The van der Waals surface area contributed by atoms with Crippen LogP contribution in [0.4, 0.5) is 17.1 Å². The van der Waals surface area contributed by atoms with Crippen LogP contribution >= 0.6 is 0 Å². The first-order chi connectivity index (χ1) is 26.5. The van der Waals surface area contributed by atoms with E-state index in [1.165, 1.54) is 66.8 Å². The minimum Gasteiger partial charge on any atom is -0.311 e. The molecular formula is C53H41N. The van der Waals surface area contributed by atoms with Crippen molar-refractivity contribution in [2.75, 3.05) is 4.90 Å². The molecule has 0 aliphatic heterocycles. The number of fused-ring (bicyclic) bond motifs is 1. The molecule has 0 heterocycles. The van der Waals surface area contributed by atoms with Crippen molar-refractivity contribution >= 4 is 22.6 Å². The van der Waals surface area contributed by atoms with E-state index in [1.807, 2.05) is 0 Å². The fourth-order valence-corrected chi connectivity index (χ4v) is 7.85. The molecule has 258 valence electrons. The molecule has 1 nitrogen and oxygen atoms in total. The summed E-state index contributed by atoms with van der Waals surface area (Å²) in [6, 6.07) is 74.6. The number of hydrogen-bond donors (Lipinski definition) is 0. The maximum absolute atomic E-state index is 2.42. The van der Waals surface area contributed by atoms with Gasteiger partial charge in [0, 0.05) is 22.5 Å². The lowest BCUT2D eigenvalue weighted by molar-refractivity contribution is 0.683. The van der Waals surface area contributed by atoms with Crippen LogP contribution in [-0.2, 0) is 5.41 Å². The van der Waals surface area contributed by atoms with E-state index in [4.69, 9.17) is 0 Å². The first-order valence-electron chi connectivity index (χ1n) is 18.8. The highest BCUT2D eigenvalue weighted by atomic mass is 15.1. The van der Waals surface area contributed by atoms with Crippen LogP contribution in [0.2, 0.25) is 0 Å². The van der Waals surface area contributed by atoms with Gasteiger partial charge in [0.05, 0.1) is 0 Å². The maximum atomic E-state index is 2.42. The first-order valence-corrected chi connectivity index (χ1v) is 18.8. The lowest BCUT2D eigenvalue weighted by atomic mass is 9.87. The molecule has 9 rings (SSSR count). The molecule has 8 aromatic carbocycles. The van der Waals surface area contributed by atoms with Crippen LogP contribution < -0.4 is 4.90 Å². The summed E-state index contributed by atoms with van der Waals surface area (Å²) in [6.07, 6.45) is 2.42. The van der Waals surface area contributed by atoms with Crippen LogP contribution in [0.3, 0.4) is 0 Å². The molecule has 0 bridgehead atoms. The average molecular weight is 692 g/mol. The highest BCUT2D eigenvalue weighted by Crippen LogP contribution is 2.44. The normalized spacial score (nSPS) is 12.9. The Hall–Kier alpha value is -6.70. The molecule has 0 saturated heterocycles. The molecule has 1 aliphatic rings. The van der Waals surface area contributed by atoms with Gasteiger partial charge in [-0.05, 0) is 103 Å². The quantitative estimate of drug-likeness (QED) is 0.153. The van der Waals surface area contributed by atoms with Crippen LogP contribution in [0.5, 0.6) is 0 Å². The Balaban J connectivity index is 1.04. The van der Waals surface area contributed by atoms with E-state index in [1.54, 1.807) is 0 Å². The second-order valence-corrected chi connectivity index (χ2v) is 14.7. The van der Waals surface area contributed by atoms with E-state index in [2.05, 4.69) is 231 Å². The van der Waals surface area contributed by atoms with Crippen LogP contribution in [0.1, 0.15) is 30.5 Å². The van der Waals surface area contributed by atoms with Crippen molar-refractivity contribution in [1.82, 2.24) is 0 Å². The Labute approximate surface area is 319 Å². The zero-order valence-electron chi connectivity index (χ0n) is 30.7. The van der Waals surface area contributed by atoms with Crippen LogP contribution in [-0.4, -0.2) is 0 Å². The van der Waals surface area contributed by atoms with Gasteiger partial charge in [-0.3, -0.25) is 0 Å². The minimum absolute atomic E-state index is 0.00383. The molecule has 0 spiro atoms. The monoisotopic (exact) mass is 691 g/mol. The fourth-order valence-electron chi connectivity index (χ4n) is 7.85. The third-order valence-corrected chi connectivity index (χ3v) is 10.8. The lowest BCUT2D eigenvalue weighted by Gasteiger charge is -2.26. The third-order valence-electron chi connectivity index (χ3n) is 10.8. The summed E-state index contributed by atoms with van der Waals surface area (Å²) >= 11 is 0. The molecule has 0 N–H and O–H groups in total. The van der Waals surface area contributed by atoms with Gasteiger partial charge in [-0.15, -0.1) is 0 Å². The summed E-state index contributed by atoms with van der Waals surface area (Å²) < 4.78 is 0. The number of allylic oxidation sites excluding steroid dienone is 1. The fraction of sp³-hybridized carbons (Fsp3) is 0.0566. The molecular weight excluding hydrogens is 651 g/mol. The van der Waals surface area contributed by atoms with Gasteiger partial charge < -0.3 is 4.90 Å². The van der Waals surface area contributed by atoms with Gasteiger partial charge in [-0.1, -0.05) is 190 Å². The van der Waals surface area contributed by atoms with E-state index >= 15 is 0 Å². The second kappa shape index (κ2) is 14.0. The lowest BCUT2D eigenvalue weighted by Crippen LogP contribution is -2.10. The van der Waals surface area contributed by atoms with Gasteiger partial charge in [0.2, 0.25) is 0 Å². The average Bonchev–Trinajstić information content (AvgIpc) is 3.52. The summed E-state index contributed by atoms with van der Waals surface area (Å²) in [4.78, 5) is 2.36. The third kappa shape index (κ3) is 6.46. The highest BCUT2D eigenvalue weighted by Gasteiger charge is 2.30. The molecule has 0 amide bonds. The SMILES string of the molecule is CC1(C)C=C(c2ccc(N(c3ccc(-c4ccc(-c5ccccc5)cc4)cc3)c3ccc(-c4ccc(-c5ccccc5)cc4)cc3)cc2)c2ccccc21. The first kappa shape index (κ1) is 33.2. The molecule has 54 heavy (non-hydrogen) atoms. The molecule has 0 fully saturated rings. The van der Waals surface area contributed by atoms with Gasteiger partial charge in [-0.2, -0.15) is 0 Å². The molecule has 0 aromatic heterocycles. The largest absolute Gasteiger partial charge is 0.311 e. The van der Waals surface area contributed by atoms with Gasteiger partial charge in [0.15, 0.2) is 0 Å². The summed E-state index contributed by atoms with van der Waals surface area (Å²) in [6.45, 7) is 4.61. The Morgan fingerprint density at radius 1 is 0.296 bits per heavy atom. The maximum Gasteiger partial charge on any atom is 0.0462 e. The Kier molecular flexibility index (Phi) is 8.61. The molecule has 1 aliphatic carbocycles. The van der Waals surface area contributed by atoms with Gasteiger partial charge in [-0.25, -0.2) is 0 Å². The van der Waals surface area contributed by atoms with Crippen LogP contribution in [0.25, 0.3) is 50.1 Å². The molecule has 8 aromatic rings. The smallest absolute Gasteiger partial charge is 0.0462 e. The molecule has 1 heteroatoms. The van der Waals surface area contributed by atoms with Crippen molar-refractivity contribution in [3.05, 3.63) is 229 Å². The zero-order valence-corrected chi connectivity index (χ0v) is 30.7. The number of benzene rings is 8. The van der Waals surface area contributed by atoms with Crippen molar-refractivity contribution in [1.29, 1.82) is 0 Å². The zero-order chi connectivity index (χ0) is 36.5. The van der Waals surface area contributed by atoms with Crippen LogP contribution in [0.15, 0.2) is 212 Å². The van der Waals surface area contributed by atoms with Crippen molar-refractivity contribution in [2.24, 2.45) is 0 Å². The molecule has 0 atom stereocenters. The number of hydrogen-bond acceptors (Lipinski definition) is 1. The van der Waals surface area contributed by atoms with Crippen molar-refractivity contribution < 1.29 is 0 Å². The van der Waals surface area contributed by atoms with Gasteiger partial charge in [0.25, 0.3) is 0 Å². The van der Waals surface area contributed by atoms with Gasteiger partial charge in [0.1, 0.15) is 0 Å². The second-order valence-electron chi connectivity index (χ2n) is 14.7. The Morgan fingerprint density at radius 3 is 0.981 bits per heavy atom.